The Hall–Kier alpha value is -1.35. The lowest BCUT2D eigenvalue weighted by molar-refractivity contribution is -0.124. The van der Waals surface area contributed by atoms with Crippen LogP contribution in [0.5, 0.6) is 0 Å². The molecular weight excluding hydrogens is 248 g/mol. The van der Waals surface area contributed by atoms with E-state index in [4.69, 9.17) is 0 Å². The molecule has 1 aromatic rings. The van der Waals surface area contributed by atoms with E-state index in [1.54, 1.807) is 0 Å². The summed E-state index contributed by atoms with van der Waals surface area (Å²) in [6, 6.07) is 8.68. The first-order valence-corrected chi connectivity index (χ1v) is 7.42. The van der Waals surface area contributed by atoms with Gasteiger partial charge in [-0.3, -0.25) is 4.79 Å². The molecule has 0 radical (unpaired) electrons. The highest BCUT2D eigenvalue weighted by Gasteiger charge is 2.22. The largest absolute Gasteiger partial charge is 0.355 e. The minimum absolute atomic E-state index is 0.00160. The number of benzene rings is 1. The molecule has 0 aliphatic carbocycles. The van der Waals surface area contributed by atoms with Gasteiger partial charge in [0.25, 0.3) is 0 Å². The van der Waals surface area contributed by atoms with Crippen LogP contribution in [0.3, 0.4) is 0 Å². The first kappa shape index (κ1) is 16.7. The zero-order valence-electron chi connectivity index (χ0n) is 13.4. The number of carbonyl (C=O) groups is 1. The summed E-state index contributed by atoms with van der Waals surface area (Å²) in [6.45, 7) is 9.79. The summed E-state index contributed by atoms with van der Waals surface area (Å²) in [6.07, 6.45) is 1.05. The molecule has 20 heavy (non-hydrogen) atoms. The van der Waals surface area contributed by atoms with E-state index >= 15 is 0 Å². The third-order valence-electron chi connectivity index (χ3n) is 3.81. The fraction of sp³-hybridized carbons (Fsp3) is 0.588. The minimum atomic E-state index is -0.0543. The molecular formula is C17H28N2O. The molecule has 0 heterocycles. The summed E-state index contributed by atoms with van der Waals surface area (Å²) in [5.41, 5.74) is 2.55. The van der Waals surface area contributed by atoms with Crippen LogP contribution in [0.4, 0.5) is 0 Å². The van der Waals surface area contributed by atoms with Crippen LogP contribution in [-0.4, -0.2) is 26.0 Å². The summed E-state index contributed by atoms with van der Waals surface area (Å²) in [5, 5.41) is 6.08. The maximum Gasteiger partial charge on any atom is 0.224 e. The lowest BCUT2D eigenvalue weighted by Gasteiger charge is -2.26. The van der Waals surface area contributed by atoms with Crippen LogP contribution in [0.25, 0.3) is 0 Å². The average Bonchev–Trinajstić information content (AvgIpc) is 2.45. The lowest BCUT2D eigenvalue weighted by Crippen LogP contribution is -2.41. The molecule has 0 bridgehead atoms. The quantitative estimate of drug-likeness (QED) is 0.803. The van der Waals surface area contributed by atoms with Crippen LogP contribution >= 0.6 is 0 Å². The van der Waals surface area contributed by atoms with Crippen molar-refractivity contribution in [3.63, 3.8) is 0 Å². The van der Waals surface area contributed by atoms with Crippen molar-refractivity contribution in [3.8, 4) is 0 Å². The van der Waals surface area contributed by atoms with Crippen molar-refractivity contribution < 1.29 is 4.79 Å². The Bertz CT molecular complexity index is 423. The van der Waals surface area contributed by atoms with Crippen molar-refractivity contribution in [2.45, 2.75) is 39.5 Å². The van der Waals surface area contributed by atoms with Gasteiger partial charge in [-0.1, -0.05) is 52.0 Å². The second-order valence-corrected chi connectivity index (χ2v) is 6.11. The second-order valence-electron chi connectivity index (χ2n) is 6.11. The SMILES string of the molecule is CCc1ccc(C(C)(C)CNC(=O)C(C)CNC)cc1. The average molecular weight is 276 g/mol. The van der Waals surface area contributed by atoms with Gasteiger partial charge in [0.05, 0.1) is 0 Å². The molecule has 1 aromatic carbocycles. The first-order chi connectivity index (χ1) is 9.40. The summed E-state index contributed by atoms with van der Waals surface area (Å²) >= 11 is 0. The molecule has 0 fully saturated rings. The van der Waals surface area contributed by atoms with E-state index in [1.165, 1.54) is 11.1 Å². The molecule has 0 spiro atoms. The summed E-state index contributed by atoms with van der Waals surface area (Å²) < 4.78 is 0. The molecule has 1 rings (SSSR count). The van der Waals surface area contributed by atoms with Crippen molar-refractivity contribution in [2.75, 3.05) is 20.1 Å². The number of aryl methyl sites for hydroxylation is 1. The predicted octanol–water partition coefficient (Wildman–Crippen LogP) is 2.50. The van der Waals surface area contributed by atoms with E-state index in [9.17, 15) is 4.79 Å². The lowest BCUT2D eigenvalue weighted by atomic mass is 9.84. The molecule has 0 aromatic heterocycles. The smallest absolute Gasteiger partial charge is 0.224 e. The highest BCUT2D eigenvalue weighted by Crippen LogP contribution is 2.22. The van der Waals surface area contributed by atoms with Gasteiger partial charge in [-0.25, -0.2) is 0 Å². The Morgan fingerprint density at radius 3 is 2.35 bits per heavy atom. The van der Waals surface area contributed by atoms with E-state index in [0.29, 0.717) is 13.1 Å². The Morgan fingerprint density at radius 1 is 1.25 bits per heavy atom. The molecule has 3 nitrogen and oxygen atoms in total. The summed E-state index contributed by atoms with van der Waals surface area (Å²) in [5.74, 6) is 0.107. The zero-order chi connectivity index (χ0) is 15.2. The molecule has 0 saturated heterocycles. The topological polar surface area (TPSA) is 41.1 Å². The Morgan fingerprint density at radius 2 is 1.85 bits per heavy atom. The maximum atomic E-state index is 12.0. The normalized spacial score (nSPS) is 13.1. The van der Waals surface area contributed by atoms with Gasteiger partial charge in [-0.15, -0.1) is 0 Å². The monoisotopic (exact) mass is 276 g/mol. The molecule has 0 aliphatic rings. The van der Waals surface area contributed by atoms with Gasteiger partial charge in [0.1, 0.15) is 0 Å². The number of rotatable bonds is 7. The highest BCUT2D eigenvalue weighted by atomic mass is 16.1. The number of hydrogen-bond donors (Lipinski definition) is 2. The molecule has 1 unspecified atom stereocenters. The number of carbonyl (C=O) groups excluding carboxylic acids is 1. The maximum absolute atomic E-state index is 12.0. The summed E-state index contributed by atoms with van der Waals surface area (Å²) in [7, 11) is 1.86. The van der Waals surface area contributed by atoms with Gasteiger partial charge in [0.15, 0.2) is 0 Å². The molecule has 3 heteroatoms. The van der Waals surface area contributed by atoms with Crippen molar-refractivity contribution in [2.24, 2.45) is 5.92 Å². The van der Waals surface area contributed by atoms with Crippen molar-refractivity contribution in [3.05, 3.63) is 35.4 Å². The predicted molar refractivity (Wildman–Crippen MR) is 84.9 cm³/mol. The van der Waals surface area contributed by atoms with E-state index in [-0.39, 0.29) is 17.2 Å². The molecule has 2 N–H and O–H groups in total. The molecule has 1 amide bonds. The van der Waals surface area contributed by atoms with Gasteiger partial charge < -0.3 is 10.6 Å². The van der Waals surface area contributed by atoms with Crippen LogP contribution in [0.15, 0.2) is 24.3 Å². The summed E-state index contributed by atoms with van der Waals surface area (Å²) in [4.78, 5) is 12.0. The number of amides is 1. The van der Waals surface area contributed by atoms with E-state index in [1.807, 2.05) is 14.0 Å². The van der Waals surface area contributed by atoms with Gasteiger partial charge >= 0.3 is 0 Å². The molecule has 112 valence electrons. The first-order valence-electron chi connectivity index (χ1n) is 7.42. The zero-order valence-corrected chi connectivity index (χ0v) is 13.4. The van der Waals surface area contributed by atoms with Crippen LogP contribution in [-0.2, 0) is 16.6 Å². The molecule has 1 atom stereocenters. The van der Waals surface area contributed by atoms with E-state index < -0.39 is 0 Å². The van der Waals surface area contributed by atoms with Crippen LogP contribution < -0.4 is 10.6 Å². The van der Waals surface area contributed by atoms with E-state index in [0.717, 1.165) is 6.42 Å². The third-order valence-corrected chi connectivity index (χ3v) is 3.81. The third kappa shape index (κ3) is 4.64. The van der Waals surface area contributed by atoms with Crippen molar-refractivity contribution in [1.29, 1.82) is 0 Å². The fourth-order valence-electron chi connectivity index (χ4n) is 2.17. The Balaban J connectivity index is 2.62. The van der Waals surface area contributed by atoms with Crippen molar-refractivity contribution in [1.82, 2.24) is 10.6 Å². The second kappa shape index (κ2) is 7.44. The Labute approximate surface area is 123 Å². The Kier molecular flexibility index (Phi) is 6.21. The van der Waals surface area contributed by atoms with E-state index in [2.05, 4.69) is 55.7 Å². The fourth-order valence-corrected chi connectivity index (χ4v) is 2.17. The van der Waals surface area contributed by atoms with Gasteiger partial charge in [0, 0.05) is 24.4 Å². The minimum Gasteiger partial charge on any atom is -0.355 e. The number of nitrogens with one attached hydrogen (secondary N) is 2. The van der Waals surface area contributed by atoms with Crippen LogP contribution in [0.1, 0.15) is 38.8 Å². The molecule has 0 aliphatic heterocycles. The standard InChI is InChI=1S/C17H28N2O/c1-6-14-7-9-15(10-8-14)17(3,4)12-19-16(20)13(2)11-18-5/h7-10,13,18H,6,11-12H2,1-5H3,(H,19,20). The van der Waals surface area contributed by atoms with Crippen molar-refractivity contribution >= 4 is 5.91 Å². The van der Waals surface area contributed by atoms with Gasteiger partial charge in [-0.05, 0) is 24.6 Å². The molecule has 0 saturated carbocycles. The van der Waals surface area contributed by atoms with Crippen LogP contribution in [0.2, 0.25) is 0 Å². The highest BCUT2D eigenvalue weighted by molar-refractivity contribution is 5.78. The van der Waals surface area contributed by atoms with Crippen LogP contribution in [0, 0.1) is 5.92 Å². The van der Waals surface area contributed by atoms with Gasteiger partial charge in [-0.2, -0.15) is 0 Å². The number of hydrogen-bond acceptors (Lipinski definition) is 2. The van der Waals surface area contributed by atoms with Gasteiger partial charge in [0.2, 0.25) is 5.91 Å².